The SMILES string of the molecule is COc1cccc(C2OCCN(C)Cc3ccc(Br)cc32)c1.[C-]#[N+]c1ccc2c(c1)C(c1cccc(OC)c1)OCCN(C)C2. The number of benzene rings is 4. The van der Waals surface area contributed by atoms with Gasteiger partial charge in [-0.2, -0.15) is 0 Å². The average molecular weight is 671 g/mol. The maximum absolute atomic E-state index is 7.29. The Morgan fingerprint density at radius 1 is 0.711 bits per heavy atom. The molecule has 0 spiro atoms. The monoisotopic (exact) mass is 669 g/mol. The van der Waals surface area contributed by atoms with Gasteiger partial charge in [0.2, 0.25) is 0 Å². The molecule has 2 unspecified atom stereocenters. The highest BCUT2D eigenvalue weighted by atomic mass is 79.9. The molecule has 0 radical (unpaired) electrons. The third kappa shape index (κ3) is 8.31. The first-order chi connectivity index (χ1) is 21.9. The standard InChI is InChI=1S/C19H20N2O2.C18H20BrNO2/c1-20-16-8-7-15-13-21(2)9-10-23-19(18(15)12-16)14-5-4-6-17(11-14)22-3;1-20-8-9-22-18(13-4-3-5-16(10-13)21-2)17-11-15(19)7-6-14(17)12-20/h4-8,11-12,19H,9-10,13H2,2-3H3;3-7,10-11,18H,8-9,12H2,1-2H3. The molecule has 2 atom stereocenters. The molecule has 0 amide bonds. The third-order valence-corrected chi connectivity index (χ3v) is 8.61. The topological polar surface area (TPSA) is 47.8 Å². The summed E-state index contributed by atoms with van der Waals surface area (Å²) >= 11 is 3.58. The van der Waals surface area contributed by atoms with Crippen molar-refractivity contribution in [2.45, 2.75) is 25.3 Å². The van der Waals surface area contributed by atoms with E-state index in [0.717, 1.165) is 58.8 Å². The highest BCUT2D eigenvalue weighted by Crippen LogP contribution is 2.36. The molecule has 7 nitrogen and oxygen atoms in total. The average Bonchev–Trinajstić information content (AvgIpc) is 3.05. The lowest BCUT2D eigenvalue weighted by Gasteiger charge is -2.29. The lowest BCUT2D eigenvalue weighted by atomic mass is 9.95. The van der Waals surface area contributed by atoms with Gasteiger partial charge >= 0.3 is 0 Å². The molecule has 45 heavy (non-hydrogen) atoms. The Bertz CT molecular complexity index is 1640. The molecule has 2 aliphatic rings. The second kappa shape index (κ2) is 15.5. The van der Waals surface area contributed by atoms with E-state index in [4.69, 9.17) is 25.5 Å². The molecule has 0 aliphatic carbocycles. The number of halogens is 1. The van der Waals surface area contributed by atoms with E-state index < -0.39 is 0 Å². The van der Waals surface area contributed by atoms with Crippen molar-refractivity contribution < 1.29 is 18.9 Å². The molecular formula is C37H40BrN3O4. The highest BCUT2D eigenvalue weighted by Gasteiger charge is 2.24. The molecule has 4 aromatic rings. The first-order valence-corrected chi connectivity index (χ1v) is 15.8. The van der Waals surface area contributed by atoms with Gasteiger partial charge < -0.3 is 18.9 Å². The molecule has 4 aromatic carbocycles. The smallest absolute Gasteiger partial charge is 0.187 e. The van der Waals surface area contributed by atoms with Crippen LogP contribution in [0.25, 0.3) is 4.85 Å². The number of hydrogen-bond donors (Lipinski definition) is 0. The van der Waals surface area contributed by atoms with Gasteiger partial charge in [0, 0.05) is 30.7 Å². The van der Waals surface area contributed by atoms with E-state index in [1.807, 2.05) is 54.6 Å². The zero-order chi connectivity index (χ0) is 31.8. The van der Waals surface area contributed by atoms with Gasteiger partial charge in [0.1, 0.15) is 23.7 Å². The van der Waals surface area contributed by atoms with E-state index in [1.165, 1.54) is 16.7 Å². The lowest BCUT2D eigenvalue weighted by Crippen LogP contribution is -2.27. The number of rotatable bonds is 4. The van der Waals surface area contributed by atoms with E-state index in [-0.39, 0.29) is 12.2 Å². The van der Waals surface area contributed by atoms with Gasteiger partial charge in [-0.25, -0.2) is 4.85 Å². The van der Waals surface area contributed by atoms with Gasteiger partial charge in [0.25, 0.3) is 0 Å². The molecule has 0 N–H and O–H groups in total. The number of hydrogen-bond acceptors (Lipinski definition) is 6. The van der Waals surface area contributed by atoms with Crippen LogP contribution < -0.4 is 9.47 Å². The Hall–Kier alpha value is -3.71. The van der Waals surface area contributed by atoms with Crippen LogP contribution >= 0.6 is 15.9 Å². The second-order valence-electron chi connectivity index (χ2n) is 11.4. The maximum Gasteiger partial charge on any atom is 0.187 e. The normalized spacial score (nSPS) is 18.8. The molecular weight excluding hydrogens is 630 g/mol. The summed E-state index contributed by atoms with van der Waals surface area (Å²) in [4.78, 5) is 8.09. The predicted molar refractivity (Wildman–Crippen MR) is 181 cm³/mol. The van der Waals surface area contributed by atoms with E-state index in [0.29, 0.717) is 18.9 Å². The van der Waals surface area contributed by atoms with E-state index in [9.17, 15) is 0 Å². The predicted octanol–water partition coefficient (Wildman–Crippen LogP) is 7.81. The van der Waals surface area contributed by atoms with E-state index in [1.54, 1.807) is 14.2 Å². The first kappa shape index (κ1) is 32.7. The van der Waals surface area contributed by atoms with Crippen LogP contribution in [0.5, 0.6) is 11.5 Å². The van der Waals surface area contributed by atoms with Crippen molar-refractivity contribution in [2.75, 3.05) is 54.6 Å². The van der Waals surface area contributed by atoms with Crippen LogP contribution in [0, 0.1) is 6.57 Å². The summed E-state index contributed by atoms with van der Waals surface area (Å²) in [6.45, 7) is 12.3. The minimum Gasteiger partial charge on any atom is -0.497 e. The summed E-state index contributed by atoms with van der Waals surface area (Å²) in [5.41, 5.74) is 7.61. The Kier molecular flexibility index (Phi) is 11.3. The molecule has 8 heteroatoms. The fourth-order valence-corrected chi connectivity index (χ4v) is 6.11. The van der Waals surface area contributed by atoms with Crippen molar-refractivity contribution in [1.82, 2.24) is 9.80 Å². The van der Waals surface area contributed by atoms with Gasteiger partial charge in [-0.3, -0.25) is 9.80 Å². The zero-order valence-electron chi connectivity index (χ0n) is 26.3. The van der Waals surface area contributed by atoms with Crippen molar-refractivity contribution in [3.63, 3.8) is 0 Å². The first-order valence-electron chi connectivity index (χ1n) is 15.0. The summed E-state index contributed by atoms with van der Waals surface area (Å²) in [6, 6.07) is 28.4. The van der Waals surface area contributed by atoms with Crippen LogP contribution in [0.1, 0.15) is 45.6 Å². The minimum absolute atomic E-state index is 0.0590. The molecule has 0 fully saturated rings. The van der Waals surface area contributed by atoms with Gasteiger partial charge in [-0.1, -0.05) is 64.5 Å². The second-order valence-corrected chi connectivity index (χ2v) is 12.3. The number of ether oxygens (including phenoxy) is 4. The number of methoxy groups -OCH3 is 2. The largest absolute Gasteiger partial charge is 0.497 e. The van der Waals surface area contributed by atoms with Crippen molar-refractivity contribution in [3.8, 4) is 11.5 Å². The van der Waals surface area contributed by atoms with Crippen molar-refractivity contribution in [2.24, 2.45) is 0 Å². The number of fused-ring (bicyclic) bond motifs is 2. The van der Waals surface area contributed by atoms with Crippen molar-refractivity contribution in [3.05, 3.63) is 134 Å². The zero-order valence-corrected chi connectivity index (χ0v) is 27.9. The third-order valence-electron chi connectivity index (χ3n) is 8.12. The summed E-state index contributed by atoms with van der Waals surface area (Å²) in [6.07, 6.45) is -0.230. The van der Waals surface area contributed by atoms with Crippen LogP contribution in [-0.4, -0.2) is 64.4 Å². The quantitative estimate of drug-likeness (QED) is 0.207. The van der Waals surface area contributed by atoms with E-state index in [2.05, 4.69) is 75.0 Å². The molecule has 0 bridgehead atoms. The Balaban J connectivity index is 0.000000178. The van der Waals surface area contributed by atoms with Crippen LogP contribution in [0.15, 0.2) is 89.4 Å². The van der Waals surface area contributed by atoms with Gasteiger partial charge in [-0.15, -0.1) is 0 Å². The molecule has 0 saturated heterocycles. The fraction of sp³-hybridized carbons (Fsp3) is 0.324. The van der Waals surface area contributed by atoms with Crippen molar-refractivity contribution >= 4 is 21.6 Å². The molecule has 0 aromatic heterocycles. The summed E-state index contributed by atoms with van der Waals surface area (Å²) in [7, 11) is 7.57. The van der Waals surface area contributed by atoms with E-state index >= 15 is 0 Å². The van der Waals surface area contributed by atoms with Crippen molar-refractivity contribution in [1.29, 1.82) is 0 Å². The molecule has 234 valence electrons. The molecule has 2 aliphatic heterocycles. The lowest BCUT2D eigenvalue weighted by molar-refractivity contribution is 0.0552. The maximum atomic E-state index is 7.29. The number of nitrogens with zero attached hydrogens (tertiary/aromatic N) is 3. The van der Waals surface area contributed by atoms with Gasteiger partial charge in [0.05, 0.1) is 34.0 Å². The van der Waals surface area contributed by atoms with Crippen LogP contribution in [0.4, 0.5) is 5.69 Å². The van der Waals surface area contributed by atoms with Gasteiger partial charge in [0.15, 0.2) is 5.69 Å². The molecule has 6 rings (SSSR count). The van der Waals surface area contributed by atoms with Gasteiger partial charge in [-0.05, 0) is 83.9 Å². The number of likely N-dealkylation sites (N-methyl/N-ethyl adjacent to an activating group) is 2. The Labute approximate surface area is 275 Å². The van der Waals surface area contributed by atoms with Crippen LogP contribution in [0.3, 0.4) is 0 Å². The highest BCUT2D eigenvalue weighted by molar-refractivity contribution is 9.10. The fourth-order valence-electron chi connectivity index (χ4n) is 5.73. The minimum atomic E-state index is -0.171. The van der Waals surface area contributed by atoms with Crippen LogP contribution in [0.2, 0.25) is 0 Å². The molecule has 0 saturated carbocycles. The summed E-state index contributed by atoms with van der Waals surface area (Å²) in [5.74, 6) is 1.67. The van der Waals surface area contributed by atoms with Crippen LogP contribution in [-0.2, 0) is 22.6 Å². The molecule has 2 heterocycles. The Morgan fingerprint density at radius 2 is 1.22 bits per heavy atom. The summed E-state index contributed by atoms with van der Waals surface area (Å²) in [5, 5.41) is 0. The summed E-state index contributed by atoms with van der Waals surface area (Å²) < 4.78 is 24.1. The Morgan fingerprint density at radius 3 is 1.73 bits per heavy atom.